The summed E-state index contributed by atoms with van der Waals surface area (Å²) in [7, 11) is 0. The van der Waals surface area contributed by atoms with Crippen molar-refractivity contribution in [1.82, 2.24) is 10.0 Å². The number of carbonyl (C=O) groups is 4. The van der Waals surface area contributed by atoms with Gasteiger partial charge in [0, 0.05) is 13.3 Å². The number of thiol groups is 1. The van der Waals surface area contributed by atoms with Crippen molar-refractivity contribution in [1.29, 1.82) is 0 Å². The van der Waals surface area contributed by atoms with E-state index in [1.807, 2.05) is 0 Å². The maximum absolute atomic E-state index is 11.5. The molecule has 0 rings (SSSR count). The number of nitrogens with one attached hydrogen (secondary N) is 2. The second-order valence-electron chi connectivity index (χ2n) is 3.41. The first-order valence-corrected chi connectivity index (χ1v) is 7.48. The lowest BCUT2D eigenvalue weighted by Gasteiger charge is -2.15. The summed E-state index contributed by atoms with van der Waals surface area (Å²) in [4.78, 5) is 44.7. The Kier molecular flexibility index (Phi) is 9.74. The van der Waals surface area contributed by atoms with Crippen LogP contribution in [0, 0.1) is 0 Å². The van der Waals surface area contributed by atoms with Crippen molar-refractivity contribution in [3.8, 4) is 0 Å². The van der Waals surface area contributed by atoms with Crippen LogP contribution in [0.25, 0.3) is 0 Å². The van der Waals surface area contributed by atoms with E-state index in [4.69, 9.17) is 5.14 Å². The smallest absolute Gasteiger partial charge is 0.231 e. The molecule has 10 heteroatoms. The number of amides is 2. The fourth-order valence-electron chi connectivity index (χ4n) is 1.07. The highest BCUT2D eigenvalue weighted by Gasteiger charge is 2.21. The monoisotopic (exact) mass is 325 g/mol. The Bertz CT molecular complexity index is 365. The van der Waals surface area contributed by atoms with Crippen molar-refractivity contribution in [2.75, 3.05) is 5.75 Å². The normalized spacial score (nSPS) is 11.5. The Morgan fingerprint density at radius 3 is 2.37 bits per heavy atom. The van der Waals surface area contributed by atoms with Gasteiger partial charge >= 0.3 is 0 Å². The van der Waals surface area contributed by atoms with Gasteiger partial charge in [0.2, 0.25) is 16.9 Å². The summed E-state index contributed by atoms with van der Waals surface area (Å²) in [5.74, 6) is -0.901. The molecule has 0 bridgehead atoms. The van der Waals surface area contributed by atoms with Gasteiger partial charge in [0.05, 0.1) is 11.8 Å². The van der Waals surface area contributed by atoms with Gasteiger partial charge in [-0.1, -0.05) is 24.6 Å². The van der Waals surface area contributed by atoms with Gasteiger partial charge in [-0.15, -0.1) is 0 Å². The van der Waals surface area contributed by atoms with Gasteiger partial charge in [-0.2, -0.15) is 0 Å². The van der Waals surface area contributed by atoms with Crippen LogP contribution in [0.3, 0.4) is 0 Å². The Balaban J connectivity index is 4.34. The topological polar surface area (TPSA) is 118 Å². The van der Waals surface area contributed by atoms with E-state index in [2.05, 4.69) is 22.9 Å². The molecule has 0 aromatic heterocycles. The molecule has 0 saturated heterocycles. The number of hydrogen-bond acceptors (Lipinski definition) is 8. The standard InChI is InChI=1S/C9H15N3O4S3/c1-5(13)18-4-8(15)11-6(9(16)19-10)2-3-7(14)12-17/h6,17H,2-4,10H2,1H3,(H,11,15)(H,12,14). The van der Waals surface area contributed by atoms with E-state index in [0.717, 1.165) is 11.8 Å². The minimum atomic E-state index is -0.860. The van der Waals surface area contributed by atoms with Crippen LogP contribution >= 0.6 is 36.5 Å². The summed E-state index contributed by atoms with van der Waals surface area (Å²) in [6.45, 7) is 1.34. The second-order valence-corrected chi connectivity index (χ2v) is 5.42. The molecular formula is C9H15N3O4S3. The minimum Gasteiger partial charge on any atom is -0.345 e. The van der Waals surface area contributed by atoms with Crippen LogP contribution < -0.4 is 15.2 Å². The van der Waals surface area contributed by atoms with Gasteiger partial charge in [0.1, 0.15) is 0 Å². The molecule has 0 aliphatic carbocycles. The van der Waals surface area contributed by atoms with Crippen LogP contribution in [0.5, 0.6) is 0 Å². The van der Waals surface area contributed by atoms with E-state index < -0.39 is 17.1 Å². The van der Waals surface area contributed by atoms with Crippen molar-refractivity contribution in [3.63, 3.8) is 0 Å². The third-order valence-electron chi connectivity index (χ3n) is 1.93. The van der Waals surface area contributed by atoms with Gasteiger partial charge in [0.25, 0.3) is 0 Å². The van der Waals surface area contributed by atoms with E-state index in [9.17, 15) is 19.2 Å². The first-order valence-electron chi connectivity index (χ1n) is 5.17. The number of rotatable bonds is 7. The Labute approximate surface area is 124 Å². The highest BCUT2D eigenvalue weighted by molar-refractivity contribution is 8.14. The van der Waals surface area contributed by atoms with E-state index in [-0.39, 0.29) is 29.6 Å². The van der Waals surface area contributed by atoms with Crippen molar-refractivity contribution in [2.24, 2.45) is 5.14 Å². The third kappa shape index (κ3) is 8.92. The van der Waals surface area contributed by atoms with Crippen LogP contribution in [0.2, 0.25) is 0 Å². The zero-order valence-corrected chi connectivity index (χ0v) is 12.7. The highest BCUT2D eigenvalue weighted by Crippen LogP contribution is 2.07. The third-order valence-corrected chi connectivity index (χ3v) is 3.51. The molecular weight excluding hydrogens is 310 g/mol. The highest BCUT2D eigenvalue weighted by atomic mass is 32.2. The largest absolute Gasteiger partial charge is 0.345 e. The lowest BCUT2D eigenvalue weighted by molar-refractivity contribution is -0.124. The zero-order valence-electron chi connectivity index (χ0n) is 10.2. The molecule has 1 unspecified atom stereocenters. The summed E-state index contributed by atoms with van der Waals surface area (Å²) in [6.07, 6.45) is 0.145. The predicted molar refractivity (Wildman–Crippen MR) is 78.2 cm³/mol. The van der Waals surface area contributed by atoms with Crippen LogP contribution in [0.15, 0.2) is 0 Å². The number of nitrogens with two attached hydrogens (primary N) is 1. The van der Waals surface area contributed by atoms with Crippen molar-refractivity contribution in [2.45, 2.75) is 25.8 Å². The fraction of sp³-hybridized carbons (Fsp3) is 0.556. The van der Waals surface area contributed by atoms with E-state index in [0.29, 0.717) is 11.9 Å². The average molecular weight is 325 g/mol. The molecule has 1 atom stereocenters. The van der Waals surface area contributed by atoms with Crippen LogP contribution in [0.4, 0.5) is 0 Å². The quantitative estimate of drug-likeness (QED) is 0.372. The Morgan fingerprint density at radius 2 is 1.89 bits per heavy atom. The Morgan fingerprint density at radius 1 is 1.26 bits per heavy atom. The summed E-state index contributed by atoms with van der Waals surface area (Å²) >= 11 is 4.89. The molecule has 0 aliphatic heterocycles. The molecule has 0 spiro atoms. The van der Waals surface area contributed by atoms with Crippen LogP contribution in [-0.2, 0) is 19.2 Å². The SMILES string of the molecule is CC(=O)SCC(=O)NC(CCC(=O)NS)C(=O)SN. The molecule has 2 amide bonds. The zero-order chi connectivity index (χ0) is 14.8. The van der Waals surface area contributed by atoms with Crippen molar-refractivity contribution < 1.29 is 19.2 Å². The second kappa shape index (κ2) is 10.1. The molecule has 19 heavy (non-hydrogen) atoms. The van der Waals surface area contributed by atoms with E-state index in [1.165, 1.54) is 6.92 Å². The molecule has 4 N–H and O–H groups in total. The summed E-state index contributed by atoms with van der Waals surface area (Å²) in [5.41, 5.74) is 0. The molecule has 108 valence electrons. The van der Waals surface area contributed by atoms with E-state index in [1.54, 1.807) is 0 Å². The average Bonchev–Trinajstić information content (AvgIpc) is 2.39. The van der Waals surface area contributed by atoms with Gasteiger partial charge in [-0.05, 0) is 18.4 Å². The van der Waals surface area contributed by atoms with E-state index >= 15 is 0 Å². The molecule has 0 saturated carbocycles. The van der Waals surface area contributed by atoms with Gasteiger partial charge in [-0.3, -0.25) is 24.3 Å². The summed E-state index contributed by atoms with van der Waals surface area (Å²) < 4.78 is 2.12. The number of carbonyl (C=O) groups excluding carboxylic acids is 4. The van der Waals surface area contributed by atoms with Crippen molar-refractivity contribution >= 4 is 58.6 Å². The lowest BCUT2D eigenvalue weighted by Crippen LogP contribution is -2.41. The number of hydrogen-bond donors (Lipinski definition) is 4. The maximum Gasteiger partial charge on any atom is 0.231 e. The molecule has 0 aromatic rings. The summed E-state index contributed by atoms with van der Waals surface area (Å²) in [5, 5.41) is 6.94. The Hall–Kier alpha value is -0.710. The number of thioether (sulfide) groups is 1. The lowest BCUT2D eigenvalue weighted by atomic mass is 10.1. The van der Waals surface area contributed by atoms with Gasteiger partial charge in [0.15, 0.2) is 5.12 Å². The molecule has 0 radical (unpaired) electrons. The maximum atomic E-state index is 11.5. The van der Waals surface area contributed by atoms with Crippen molar-refractivity contribution in [3.05, 3.63) is 0 Å². The predicted octanol–water partition coefficient (Wildman–Crippen LogP) is -0.374. The first kappa shape index (κ1) is 18.3. The van der Waals surface area contributed by atoms with Crippen LogP contribution in [0.1, 0.15) is 19.8 Å². The van der Waals surface area contributed by atoms with Gasteiger partial charge in [-0.25, -0.2) is 0 Å². The van der Waals surface area contributed by atoms with Crippen LogP contribution in [-0.4, -0.2) is 33.8 Å². The molecule has 7 nitrogen and oxygen atoms in total. The van der Waals surface area contributed by atoms with Gasteiger partial charge < -0.3 is 10.0 Å². The first-order chi connectivity index (χ1) is 8.90. The molecule has 0 aliphatic rings. The molecule has 0 fully saturated rings. The molecule has 0 aromatic carbocycles. The minimum absolute atomic E-state index is 0.0284. The summed E-state index contributed by atoms with van der Waals surface area (Å²) in [6, 6.07) is -0.860. The fourth-order valence-corrected chi connectivity index (χ4v) is 1.94. The molecule has 0 heterocycles.